The number of thioether (sulfide) groups is 1. The fourth-order valence-electron chi connectivity index (χ4n) is 2.36. The van der Waals surface area contributed by atoms with Gasteiger partial charge in [-0.15, -0.1) is 0 Å². The van der Waals surface area contributed by atoms with Gasteiger partial charge in [-0.3, -0.25) is 19.8 Å². The molecular formula is C15H20N5O3PS. The van der Waals surface area contributed by atoms with Gasteiger partial charge in [-0.25, -0.2) is 5.01 Å². The van der Waals surface area contributed by atoms with E-state index < -0.39 is 11.8 Å². The molecule has 1 unspecified atom stereocenters. The van der Waals surface area contributed by atoms with E-state index in [1.165, 1.54) is 5.01 Å². The SMILES string of the molecule is CCSC(=O)N(CCCNC(=N)NP)N1C(=O)c2ccccc2C1=O. The van der Waals surface area contributed by atoms with Crippen molar-refractivity contribution in [2.75, 3.05) is 18.8 Å². The number of carbonyl (C=O) groups excluding carboxylic acids is 3. The zero-order valence-electron chi connectivity index (χ0n) is 13.7. The van der Waals surface area contributed by atoms with Crippen molar-refractivity contribution in [2.45, 2.75) is 13.3 Å². The largest absolute Gasteiger partial charge is 0.356 e. The number of hydrazine groups is 1. The quantitative estimate of drug-likeness (QED) is 0.228. The number of carbonyl (C=O) groups is 3. The van der Waals surface area contributed by atoms with E-state index in [4.69, 9.17) is 5.41 Å². The third kappa shape index (κ3) is 4.29. The normalized spacial score (nSPS) is 12.8. The van der Waals surface area contributed by atoms with Crippen molar-refractivity contribution in [2.24, 2.45) is 0 Å². The number of benzene rings is 1. The molecule has 2 rings (SSSR count). The van der Waals surface area contributed by atoms with E-state index >= 15 is 0 Å². The second-order valence-corrected chi connectivity index (χ2v) is 6.59. The lowest BCUT2D eigenvalue weighted by molar-refractivity contribution is 0.0227. The molecule has 3 N–H and O–H groups in total. The van der Waals surface area contributed by atoms with Gasteiger partial charge in [0.2, 0.25) is 0 Å². The summed E-state index contributed by atoms with van der Waals surface area (Å²) in [5.74, 6) is -0.305. The minimum atomic E-state index is -0.488. The zero-order valence-corrected chi connectivity index (χ0v) is 15.7. The van der Waals surface area contributed by atoms with Crippen molar-refractivity contribution in [1.29, 1.82) is 5.41 Å². The van der Waals surface area contributed by atoms with Gasteiger partial charge in [0.1, 0.15) is 0 Å². The van der Waals surface area contributed by atoms with Gasteiger partial charge >= 0.3 is 5.24 Å². The highest BCUT2D eigenvalue weighted by molar-refractivity contribution is 8.13. The molecule has 0 spiro atoms. The van der Waals surface area contributed by atoms with Crippen LogP contribution in [0, 0.1) is 5.41 Å². The molecule has 0 radical (unpaired) electrons. The van der Waals surface area contributed by atoms with Crippen LogP contribution >= 0.6 is 21.2 Å². The van der Waals surface area contributed by atoms with Gasteiger partial charge in [-0.1, -0.05) is 30.8 Å². The fourth-order valence-corrected chi connectivity index (χ4v) is 3.03. The number of imide groups is 1. The molecule has 0 saturated carbocycles. The highest BCUT2D eigenvalue weighted by Gasteiger charge is 2.40. The molecule has 0 aliphatic carbocycles. The molecule has 134 valence electrons. The average molecular weight is 381 g/mol. The van der Waals surface area contributed by atoms with Crippen molar-refractivity contribution in [3.63, 3.8) is 0 Å². The summed E-state index contributed by atoms with van der Waals surface area (Å²) in [6.45, 7) is 2.44. The molecule has 1 atom stereocenters. The van der Waals surface area contributed by atoms with Crippen LogP contribution in [-0.4, -0.2) is 51.9 Å². The van der Waals surface area contributed by atoms with Crippen LogP contribution in [0.1, 0.15) is 34.1 Å². The molecule has 10 heteroatoms. The van der Waals surface area contributed by atoms with Crippen molar-refractivity contribution < 1.29 is 14.4 Å². The number of nitrogens with zero attached hydrogens (tertiary/aromatic N) is 2. The van der Waals surface area contributed by atoms with E-state index in [1.54, 1.807) is 24.3 Å². The predicted octanol–water partition coefficient (Wildman–Crippen LogP) is 1.67. The molecule has 8 nitrogen and oxygen atoms in total. The van der Waals surface area contributed by atoms with Crippen LogP contribution < -0.4 is 10.4 Å². The number of hydrogen-bond donors (Lipinski definition) is 3. The number of fused-ring (bicyclic) bond motifs is 1. The fraction of sp³-hybridized carbons (Fsp3) is 0.333. The molecular weight excluding hydrogens is 361 g/mol. The molecule has 1 aliphatic heterocycles. The van der Waals surface area contributed by atoms with Crippen LogP contribution in [-0.2, 0) is 0 Å². The molecule has 0 bridgehead atoms. The number of rotatable bonds is 6. The lowest BCUT2D eigenvalue weighted by atomic mass is 10.1. The number of amides is 3. The number of hydrogen-bond acceptors (Lipinski definition) is 5. The maximum absolute atomic E-state index is 12.6. The Bertz CT molecular complexity index is 664. The van der Waals surface area contributed by atoms with Gasteiger partial charge in [-0.2, -0.15) is 5.01 Å². The third-order valence-electron chi connectivity index (χ3n) is 3.49. The number of nitrogens with one attached hydrogen (secondary N) is 3. The summed E-state index contributed by atoms with van der Waals surface area (Å²) < 4.78 is 0. The summed E-state index contributed by atoms with van der Waals surface area (Å²) in [5.41, 5.74) is 0.609. The first-order valence-corrected chi connectivity index (χ1v) is 9.28. The summed E-state index contributed by atoms with van der Waals surface area (Å²) in [6.07, 6.45) is 0.470. The summed E-state index contributed by atoms with van der Waals surface area (Å²) in [6, 6.07) is 6.54. The molecule has 0 fully saturated rings. The first-order chi connectivity index (χ1) is 12.0. The Hall–Kier alpha value is -2.12. The third-order valence-corrected chi connectivity index (χ3v) is 4.52. The Kier molecular flexibility index (Phi) is 6.78. The molecule has 3 amide bonds. The van der Waals surface area contributed by atoms with Crippen molar-refractivity contribution in [1.82, 2.24) is 20.4 Å². The highest BCUT2D eigenvalue weighted by atomic mass is 32.2. The second-order valence-electron chi connectivity index (χ2n) is 5.09. The molecule has 0 saturated heterocycles. The molecule has 25 heavy (non-hydrogen) atoms. The van der Waals surface area contributed by atoms with Gasteiger partial charge in [-0.05, 0) is 33.7 Å². The van der Waals surface area contributed by atoms with Crippen LogP contribution in [0.2, 0.25) is 0 Å². The summed E-state index contributed by atoms with van der Waals surface area (Å²) in [4.78, 5) is 37.6. The summed E-state index contributed by atoms with van der Waals surface area (Å²) in [7, 11) is 2.20. The van der Waals surface area contributed by atoms with E-state index in [9.17, 15) is 14.4 Å². The van der Waals surface area contributed by atoms with Gasteiger partial charge in [0, 0.05) is 13.1 Å². The van der Waals surface area contributed by atoms with Crippen molar-refractivity contribution in [3.05, 3.63) is 35.4 Å². The Labute approximate surface area is 152 Å². The maximum atomic E-state index is 12.6. The monoisotopic (exact) mass is 381 g/mol. The van der Waals surface area contributed by atoms with E-state index in [0.717, 1.165) is 16.8 Å². The van der Waals surface area contributed by atoms with Gasteiger partial charge < -0.3 is 10.4 Å². The molecule has 1 aromatic carbocycles. The topological polar surface area (TPSA) is 106 Å². The van der Waals surface area contributed by atoms with Crippen molar-refractivity contribution in [3.8, 4) is 0 Å². The molecule has 1 aromatic rings. The lowest BCUT2D eigenvalue weighted by Gasteiger charge is -2.29. The van der Waals surface area contributed by atoms with Crippen LogP contribution in [0.5, 0.6) is 0 Å². The first kappa shape index (κ1) is 19.2. The zero-order chi connectivity index (χ0) is 18.4. The smallest absolute Gasteiger partial charge is 0.300 e. The predicted molar refractivity (Wildman–Crippen MR) is 100 cm³/mol. The van der Waals surface area contributed by atoms with E-state index in [2.05, 4.69) is 19.8 Å². The minimum absolute atomic E-state index is 0.131. The first-order valence-electron chi connectivity index (χ1n) is 7.72. The summed E-state index contributed by atoms with van der Waals surface area (Å²) >= 11 is 1.04. The lowest BCUT2D eigenvalue weighted by Crippen LogP contribution is -2.49. The summed E-state index contributed by atoms with van der Waals surface area (Å²) in [5, 5.41) is 14.6. The molecule has 1 aliphatic rings. The van der Waals surface area contributed by atoms with Crippen LogP contribution in [0.3, 0.4) is 0 Å². The average Bonchev–Trinajstić information content (AvgIpc) is 2.86. The maximum Gasteiger partial charge on any atom is 0.300 e. The van der Waals surface area contributed by atoms with Gasteiger partial charge in [0.25, 0.3) is 11.8 Å². The van der Waals surface area contributed by atoms with Crippen LogP contribution in [0.4, 0.5) is 4.79 Å². The highest BCUT2D eigenvalue weighted by Crippen LogP contribution is 2.26. The Balaban J connectivity index is 2.13. The Morgan fingerprint density at radius 3 is 2.40 bits per heavy atom. The Morgan fingerprint density at radius 2 is 1.88 bits per heavy atom. The van der Waals surface area contributed by atoms with E-state index in [-0.39, 0.29) is 17.7 Å². The van der Waals surface area contributed by atoms with Crippen molar-refractivity contribution >= 4 is 44.2 Å². The second kappa shape index (κ2) is 8.82. The van der Waals surface area contributed by atoms with Gasteiger partial charge in [0.15, 0.2) is 5.96 Å². The van der Waals surface area contributed by atoms with Crippen LogP contribution in [0.25, 0.3) is 0 Å². The van der Waals surface area contributed by atoms with Crippen LogP contribution in [0.15, 0.2) is 24.3 Å². The standard InChI is InChI=1S/C15H20N5O3PS/c1-2-25-15(23)19(9-5-8-17-14(16)18-24)20-12(21)10-6-3-4-7-11(10)13(20)22/h3-4,6-7H,2,5,8-9,24H2,1H3,(H3,16,17,18). The number of guanidine groups is 1. The molecule has 1 heterocycles. The molecule has 0 aromatic heterocycles. The minimum Gasteiger partial charge on any atom is -0.356 e. The Morgan fingerprint density at radius 1 is 1.28 bits per heavy atom. The van der Waals surface area contributed by atoms with E-state index in [0.29, 0.717) is 29.8 Å². The van der Waals surface area contributed by atoms with E-state index in [1.807, 2.05) is 6.92 Å². The van der Waals surface area contributed by atoms with Gasteiger partial charge in [0.05, 0.1) is 11.1 Å².